The van der Waals surface area contributed by atoms with E-state index in [0.29, 0.717) is 19.3 Å². The van der Waals surface area contributed by atoms with Gasteiger partial charge in [-0.15, -0.1) is 0 Å². The van der Waals surface area contributed by atoms with E-state index < -0.39 is 6.10 Å². The van der Waals surface area contributed by atoms with Gasteiger partial charge in [-0.05, 0) is 51.4 Å². The van der Waals surface area contributed by atoms with Crippen LogP contribution in [-0.4, -0.2) is 37.2 Å². The first-order valence-corrected chi connectivity index (χ1v) is 29.8. The zero-order valence-electron chi connectivity index (χ0n) is 45.2. The Balaban J connectivity index is 4.31. The summed E-state index contributed by atoms with van der Waals surface area (Å²) in [4.78, 5) is 38.2. The van der Waals surface area contributed by atoms with E-state index in [-0.39, 0.29) is 31.1 Å². The molecule has 0 bridgehead atoms. The van der Waals surface area contributed by atoms with Crippen LogP contribution in [0.4, 0.5) is 0 Å². The standard InChI is InChI=1S/C61H114O6/c1-4-7-10-13-16-19-22-25-28-29-30-31-34-36-39-42-45-48-51-54-60(63)66-57-58(67-61(64)55-52-49-46-43-40-37-33-27-24-21-18-15-12-9-6-3)56-65-59(62)53-50-47-44-41-38-35-32-26-23-20-17-14-11-8-5-2/h16,19,25,28,58H,4-15,17-18,20-24,26-27,29-57H2,1-3H3/b19-16-,28-25-. The molecule has 0 rings (SSSR count). The lowest BCUT2D eigenvalue weighted by atomic mass is 10.0. The number of esters is 3. The van der Waals surface area contributed by atoms with Gasteiger partial charge in [-0.2, -0.15) is 0 Å². The average molecular weight is 944 g/mol. The van der Waals surface area contributed by atoms with E-state index in [1.807, 2.05) is 0 Å². The van der Waals surface area contributed by atoms with Crippen molar-refractivity contribution in [2.24, 2.45) is 0 Å². The Morgan fingerprint density at radius 1 is 0.299 bits per heavy atom. The van der Waals surface area contributed by atoms with Crippen LogP contribution in [0.1, 0.15) is 329 Å². The maximum Gasteiger partial charge on any atom is 0.306 e. The molecule has 6 heteroatoms. The molecule has 394 valence electrons. The zero-order chi connectivity index (χ0) is 48.6. The second kappa shape index (κ2) is 56.5. The van der Waals surface area contributed by atoms with Gasteiger partial charge >= 0.3 is 17.9 Å². The molecule has 0 aliphatic carbocycles. The van der Waals surface area contributed by atoms with Crippen molar-refractivity contribution in [1.29, 1.82) is 0 Å². The van der Waals surface area contributed by atoms with Crippen LogP contribution in [0.3, 0.4) is 0 Å². The second-order valence-electron chi connectivity index (χ2n) is 20.3. The fourth-order valence-electron chi connectivity index (χ4n) is 8.95. The number of rotatable bonds is 55. The highest BCUT2D eigenvalue weighted by Gasteiger charge is 2.19. The largest absolute Gasteiger partial charge is 0.462 e. The Labute approximate surface area is 417 Å². The SMILES string of the molecule is CCCCC/C=C\C/C=C\CCCCCCCCCCCC(=O)OCC(COC(=O)CCCCCCCCCCCCCCCCC)OC(=O)CCCCCCCCCCCCCCCCC. The average Bonchev–Trinajstić information content (AvgIpc) is 3.33. The van der Waals surface area contributed by atoms with Gasteiger partial charge < -0.3 is 14.2 Å². The van der Waals surface area contributed by atoms with Crippen LogP contribution in [0, 0.1) is 0 Å². The smallest absolute Gasteiger partial charge is 0.306 e. The quantitative estimate of drug-likeness (QED) is 0.0262. The summed E-state index contributed by atoms with van der Waals surface area (Å²) < 4.78 is 16.9. The van der Waals surface area contributed by atoms with Crippen molar-refractivity contribution in [3.05, 3.63) is 24.3 Å². The number of ether oxygens (including phenoxy) is 3. The predicted octanol–water partition coefficient (Wildman–Crippen LogP) is 19.9. The molecule has 0 fully saturated rings. The first-order valence-electron chi connectivity index (χ1n) is 29.8. The number of hydrogen-bond acceptors (Lipinski definition) is 6. The summed E-state index contributed by atoms with van der Waals surface area (Å²) in [6.07, 6.45) is 65.9. The molecule has 0 aromatic rings. The number of unbranched alkanes of at least 4 members (excludes halogenated alkanes) is 40. The molecule has 1 unspecified atom stereocenters. The van der Waals surface area contributed by atoms with Crippen molar-refractivity contribution < 1.29 is 28.6 Å². The lowest BCUT2D eigenvalue weighted by Crippen LogP contribution is -2.30. The predicted molar refractivity (Wildman–Crippen MR) is 289 cm³/mol. The van der Waals surface area contributed by atoms with E-state index in [9.17, 15) is 14.4 Å². The van der Waals surface area contributed by atoms with Gasteiger partial charge in [0.2, 0.25) is 0 Å². The van der Waals surface area contributed by atoms with Crippen molar-refractivity contribution in [2.45, 2.75) is 335 Å². The summed E-state index contributed by atoms with van der Waals surface area (Å²) in [6, 6.07) is 0. The van der Waals surface area contributed by atoms with Gasteiger partial charge in [-0.3, -0.25) is 14.4 Å². The molecule has 0 N–H and O–H groups in total. The minimum atomic E-state index is -0.768. The Morgan fingerprint density at radius 3 is 0.851 bits per heavy atom. The van der Waals surface area contributed by atoms with E-state index in [1.54, 1.807) is 0 Å². The van der Waals surface area contributed by atoms with Crippen LogP contribution in [0.5, 0.6) is 0 Å². The number of carbonyl (C=O) groups is 3. The molecule has 0 aromatic carbocycles. The minimum Gasteiger partial charge on any atom is -0.462 e. The molecule has 0 amide bonds. The summed E-state index contributed by atoms with van der Waals surface area (Å²) in [5.41, 5.74) is 0. The van der Waals surface area contributed by atoms with E-state index in [2.05, 4.69) is 45.1 Å². The molecule has 67 heavy (non-hydrogen) atoms. The molecule has 0 heterocycles. The van der Waals surface area contributed by atoms with Gasteiger partial charge in [0.25, 0.3) is 0 Å². The second-order valence-corrected chi connectivity index (χ2v) is 20.3. The van der Waals surface area contributed by atoms with Crippen molar-refractivity contribution in [3.63, 3.8) is 0 Å². The highest BCUT2D eigenvalue weighted by molar-refractivity contribution is 5.71. The molecule has 0 aromatic heterocycles. The molecular weight excluding hydrogens is 829 g/mol. The zero-order valence-corrected chi connectivity index (χ0v) is 45.2. The molecular formula is C61H114O6. The van der Waals surface area contributed by atoms with E-state index in [0.717, 1.165) is 64.2 Å². The monoisotopic (exact) mass is 943 g/mol. The lowest BCUT2D eigenvalue weighted by Gasteiger charge is -2.18. The van der Waals surface area contributed by atoms with Crippen molar-refractivity contribution in [2.75, 3.05) is 13.2 Å². The molecule has 0 radical (unpaired) electrons. The maximum absolute atomic E-state index is 12.9. The maximum atomic E-state index is 12.9. The molecule has 0 spiro atoms. The van der Waals surface area contributed by atoms with Crippen LogP contribution in [-0.2, 0) is 28.6 Å². The Kier molecular flexibility index (Phi) is 54.7. The lowest BCUT2D eigenvalue weighted by molar-refractivity contribution is -0.167. The summed E-state index contributed by atoms with van der Waals surface area (Å²) in [7, 11) is 0. The van der Waals surface area contributed by atoms with Gasteiger partial charge in [0.1, 0.15) is 13.2 Å². The van der Waals surface area contributed by atoms with Crippen molar-refractivity contribution in [3.8, 4) is 0 Å². The van der Waals surface area contributed by atoms with Gasteiger partial charge in [0, 0.05) is 19.3 Å². The van der Waals surface area contributed by atoms with Crippen molar-refractivity contribution >= 4 is 17.9 Å². The molecule has 0 aliphatic heterocycles. The van der Waals surface area contributed by atoms with Crippen LogP contribution in [0.15, 0.2) is 24.3 Å². The summed E-state index contributed by atoms with van der Waals surface area (Å²) in [5, 5.41) is 0. The Bertz CT molecular complexity index is 1080. The number of hydrogen-bond donors (Lipinski definition) is 0. The molecule has 6 nitrogen and oxygen atoms in total. The fraction of sp³-hybridized carbons (Fsp3) is 0.885. The molecule has 1 atom stereocenters. The third kappa shape index (κ3) is 54.7. The normalized spacial score (nSPS) is 12.1. The van der Waals surface area contributed by atoms with Crippen LogP contribution < -0.4 is 0 Å². The van der Waals surface area contributed by atoms with Gasteiger partial charge in [-0.1, -0.05) is 283 Å². The summed E-state index contributed by atoms with van der Waals surface area (Å²) >= 11 is 0. The highest BCUT2D eigenvalue weighted by Crippen LogP contribution is 2.17. The van der Waals surface area contributed by atoms with E-state index in [4.69, 9.17) is 14.2 Å². The van der Waals surface area contributed by atoms with Crippen molar-refractivity contribution in [1.82, 2.24) is 0 Å². The topological polar surface area (TPSA) is 78.9 Å². The van der Waals surface area contributed by atoms with Gasteiger partial charge in [0.15, 0.2) is 6.10 Å². The van der Waals surface area contributed by atoms with Gasteiger partial charge in [-0.25, -0.2) is 0 Å². The third-order valence-corrected chi connectivity index (χ3v) is 13.5. The minimum absolute atomic E-state index is 0.0665. The highest BCUT2D eigenvalue weighted by atomic mass is 16.6. The molecule has 0 saturated carbocycles. The van der Waals surface area contributed by atoms with Crippen LogP contribution in [0.25, 0.3) is 0 Å². The third-order valence-electron chi connectivity index (χ3n) is 13.5. The van der Waals surface area contributed by atoms with Gasteiger partial charge in [0.05, 0.1) is 0 Å². The van der Waals surface area contributed by atoms with Crippen LogP contribution >= 0.6 is 0 Å². The number of carbonyl (C=O) groups excluding carboxylic acids is 3. The van der Waals surface area contributed by atoms with Crippen LogP contribution in [0.2, 0.25) is 0 Å². The summed E-state index contributed by atoms with van der Waals surface area (Å²) in [6.45, 7) is 6.67. The van der Waals surface area contributed by atoms with E-state index in [1.165, 1.54) is 225 Å². The summed E-state index contributed by atoms with van der Waals surface area (Å²) in [5.74, 6) is -0.847. The Morgan fingerprint density at radius 2 is 0.537 bits per heavy atom. The number of allylic oxidation sites excluding steroid dienone is 4. The first-order chi connectivity index (χ1) is 33.0. The Hall–Kier alpha value is -2.11. The molecule has 0 aliphatic rings. The first kappa shape index (κ1) is 64.9. The molecule has 0 saturated heterocycles. The van der Waals surface area contributed by atoms with E-state index >= 15 is 0 Å². The fourth-order valence-corrected chi connectivity index (χ4v) is 8.95.